The number of rotatable bonds is 5. The first-order chi connectivity index (χ1) is 9.26. The standard InChI is InChI=1S/C15H24N2O2/c1-2-17(11-13-7-5-9-19-13)15(18)14-8-4-3-6-12(14)10-16/h5,7,9,12,14H,2-4,6,8,10-11,16H2,1H3. The van der Waals surface area contributed by atoms with Crippen LogP contribution >= 0.6 is 0 Å². The molecule has 1 aromatic rings. The van der Waals surface area contributed by atoms with Gasteiger partial charge >= 0.3 is 0 Å². The van der Waals surface area contributed by atoms with Gasteiger partial charge in [0.25, 0.3) is 0 Å². The number of amides is 1. The van der Waals surface area contributed by atoms with Crippen LogP contribution in [0, 0.1) is 11.8 Å². The molecule has 1 saturated carbocycles. The lowest BCUT2D eigenvalue weighted by Crippen LogP contribution is -2.41. The Hall–Kier alpha value is -1.29. The van der Waals surface area contributed by atoms with Crippen LogP contribution in [0.5, 0.6) is 0 Å². The summed E-state index contributed by atoms with van der Waals surface area (Å²) in [4.78, 5) is 14.5. The summed E-state index contributed by atoms with van der Waals surface area (Å²) in [5, 5.41) is 0. The van der Waals surface area contributed by atoms with Crippen LogP contribution in [-0.4, -0.2) is 23.9 Å². The van der Waals surface area contributed by atoms with Crippen molar-refractivity contribution in [2.45, 2.75) is 39.2 Å². The molecule has 0 saturated heterocycles. The Kier molecular flexibility index (Phi) is 5.02. The van der Waals surface area contributed by atoms with E-state index in [1.807, 2.05) is 24.0 Å². The molecule has 0 aliphatic heterocycles. The van der Waals surface area contributed by atoms with E-state index in [1.165, 1.54) is 6.42 Å². The van der Waals surface area contributed by atoms with Crippen LogP contribution < -0.4 is 5.73 Å². The highest BCUT2D eigenvalue weighted by Gasteiger charge is 2.32. The Morgan fingerprint density at radius 3 is 2.89 bits per heavy atom. The summed E-state index contributed by atoms with van der Waals surface area (Å²) in [6.45, 7) is 3.92. The molecular formula is C15H24N2O2. The van der Waals surface area contributed by atoms with Crippen LogP contribution in [0.3, 0.4) is 0 Å². The topological polar surface area (TPSA) is 59.5 Å². The summed E-state index contributed by atoms with van der Waals surface area (Å²) >= 11 is 0. The third-order valence-corrected chi connectivity index (χ3v) is 4.15. The van der Waals surface area contributed by atoms with Gasteiger partial charge in [0.05, 0.1) is 12.8 Å². The zero-order valence-corrected chi connectivity index (χ0v) is 11.7. The number of furan rings is 1. The maximum Gasteiger partial charge on any atom is 0.226 e. The molecule has 1 fully saturated rings. The van der Waals surface area contributed by atoms with E-state index in [0.29, 0.717) is 25.6 Å². The van der Waals surface area contributed by atoms with Crippen LogP contribution in [0.15, 0.2) is 22.8 Å². The summed E-state index contributed by atoms with van der Waals surface area (Å²) in [6, 6.07) is 3.77. The number of hydrogen-bond acceptors (Lipinski definition) is 3. The molecular weight excluding hydrogens is 240 g/mol. The fraction of sp³-hybridized carbons (Fsp3) is 0.667. The number of carbonyl (C=O) groups excluding carboxylic acids is 1. The monoisotopic (exact) mass is 264 g/mol. The number of carbonyl (C=O) groups is 1. The predicted molar refractivity (Wildman–Crippen MR) is 74.3 cm³/mol. The SMILES string of the molecule is CCN(Cc1ccco1)C(=O)C1CCCCC1CN. The average molecular weight is 264 g/mol. The lowest BCUT2D eigenvalue weighted by molar-refractivity contribution is -0.139. The van der Waals surface area contributed by atoms with E-state index in [0.717, 1.165) is 25.0 Å². The minimum Gasteiger partial charge on any atom is -0.467 e. The van der Waals surface area contributed by atoms with Crippen LogP contribution in [0.2, 0.25) is 0 Å². The Balaban J connectivity index is 2.02. The maximum atomic E-state index is 12.7. The molecule has 1 aromatic heterocycles. The van der Waals surface area contributed by atoms with Gasteiger partial charge in [0, 0.05) is 12.5 Å². The summed E-state index contributed by atoms with van der Waals surface area (Å²) in [5.74, 6) is 1.55. The minimum absolute atomic E-state index is 0.105. The normalized spacial score (nSPS) is 23.3. The summed E-state index contributed by atoms with van der Waals surface area (Å²) < 4.78 is 5.34. The lowest BCUT2D eigenvalue weighted by Gasteiger charge is -2.33. The summed E-state index contributed by atoms with van der Waals surface area (Å²) in [6.07, 6.45) is 6.07. The highest BCUT2D eigenvalue weighted by atomic mass is 16.3. The third-order valence-electron chi connectivity index (χ3n) is 4.15. The molecule has 2 atom stereocenters. The van der Waals surface area contributed by atoms with Gasteiger partial charge in [0.1, 0.15) is 5.76 Å². The first-order valence-electron chi connectivity index (χ1n) is 7.27. The fourth-order valence-electron chi connectivity index (χ4n) is 2.99. The van der Waals surface area contributed by atoms with Crippen molar-refractivity contribution in [3.8, 4) is 0 Å². The third kappa shape index (κ3) is 3.38. The zero-order valence-electron chi connectivity index (χ0n) is 11.7. The number of nitrogens with zero attached hydrogens (tertiary/aromatic N) is 1. The molecule has 1 heterocycles. The van der Waals surface area contributed by atoms with Gasteiger partial charge in [-0.05, 0) is 44.4 Å². The second-order valence-corrected chi connectivity index (χ2v) is 5.32. The molecule has 0 aromatic carbocycles. The molecule has 0 spiro atoms. The molecule has 2 unspecified atom stereocenters. The Morgan fingerprint density at radius 2 is 2.26 bits per heavy atom. The molecule has 4 nitrogen and oxygen atoms in total. The molecule has 1 aliphatic rings. The van der Waals surface area contributed by atoms with Gasteiger partial charge in [-0.15, -0.1) is 0 Å². The van der Waals surface area contributed by atoms with Gasteiger partial charge in [-0.2, -0.15) is 0 Å². The van der Waals surface area contributed by atoms with Gasteiger partial charge in [-0.3, -0.25) is 4.79 Å². The Labute approximate surface area is 114 Å². The quantitative estimate of drug-likeness (QED) is 0.888. The fourth-order valence-corrected chi connectivity index (χ4v) is 2.99. The second-order valence-electron chi connectivity index (χ2n) is 5.32. The van der Waals surface area contributed by atoms with Crippen LogP contribution in [0.4, 0.5) is 0 Å². The first kappa shape index (κ1) is 14.1. The van der Waals surface area contributed by atoms with E-state index in [-0.39, 0.29) is 11.8 Å². The van der Waals surface area contributed by atoms with Crippen LogP contribution in [-0.2, 0) is 11.3 Å². The molecule has 1 aliphatic carbocycles. The zero-order chi connectivity index (χ0) is 13.7. The van der Waals surface area contributed by atoms with Crippen LogP contribution in [0.25, 0.3) is 0 Å². The predicted octanol–water partition coefficient (Wildman–Crippen LogP) is 2.39. The molecule has 4 heteroatoms. The maximum absolute atomic E-state index is 12.7. The molecule has 0 radical (unpaired) electrons. The first-order valence-corrected chi connectivity index (χ1v) is 7.27. The van der Waals surface area contributed by atoms with E-state index in [1.54, 1.807) is 6.26 Å². The van der Waals surface area contributed by atoms with Crippen molar-refractivity contribution in [1.29, 1.82) is 0 Å². The molecule has 2 N–H and O–H groups in total. The van der Waals surface area contributed by atoms with Gasteiger partial charge < -0.3 is 15.1 Å². The summed E-state index contributed by atoms with van der Waals surface area (Å²) in [7, 11) is 0. The molecule has 106 valence electrons. The van der Waals surface area contributed by atoms with Crippen molar-refractivity contribution in [3.05, 3.63) is 24.2 Å². The van der Waals surface area contributed by atoms with Crippen molar-refractivity contribution in [2.24, 2.45) is 17.6 Å². The van der Waals surface area contributed by atoms with E-state index in [9.17, 15) is 4.79 Å². The van der Waals surface area contributed by atoms with E-state index < -0.39 is 0 Å². The minimum atomic E-state index is 0.105. The van der Waals surface area contributed by atoms with Crippen molar-refractivity contribution < 1.29 is 9.21 Å². The van der Waals surface area contributed by atoms with Crippen LogP contribution in [0.1, 0.15) is 38.4 Å². The Morgan fingerprint density at radius 1 is 1.47 bits per heavy atom. The molecule has 2 rings (SSSR count). The lowest BCUT2D eigenvalue weighted by atomic mass is 9.78. The smallest absolute Gasteiger partial charge is 0.226 e. The van der Waals surface area contributed by atoms with E-state index in [4.69, 9.17) is 10.2 Å². The number of hydrogen-bond donors (Lipinski definition) is 1. The van der Waals surface area contributed by atoms with Crippen molar-refractivity contribution in [2.75, 3.05) is 13.1 Å². The molecule has 0 bridgehead atoms. The van der Waals surface area contributed by atoms with E-state index in [2.05, 4.69) is 0 Å². The average Bonchev–Trinajstić information content (AvgIpc) is 2.97. The largest absolute Gasteiger partial charge is 0.467 e. The van der Waals surface area contributed by atoms with E-state index >= 15 is 0 Å². The van der Waals surface area contributed by atoms with Gasteiger partial charge in [0.15, 0.2) is 0 Å². The number of nitrogens with two attached hydrogens (primary N) is 1. The van der Waals surface area contributed by atoms with Gasteiger partial charge in [-0.25, -0.2) is 0 Å². The van der Waals surface area contributed by atoms with Crippen molar-refractivity contribution >= 4 is 5.91 Å². The van der Waals surface area contributed by atoms with Gasteiger partial charge in [0.2, 0.25) is 5.91 Å². The van der Waals surface area contributed by atoms with Crippen molar-refractivity contribution in [1.82, 2.24) is 4.90 Å². The second kappa shape index (κ2) is 6.75. The highest BCUT2D eigenvalue weighted by Crippen LogP contribution is 2.31. The Bertz CT molecular complexity index is 389. The summed E-state index contributed by atoms with van der Waals surface area (Å²) in [5.41, 5.74) is 5.82. The van der Waals surface area contributed by atoms with Crippen molar-refractivity contribution in [3.63, 3.8) is 0 Å². The van der Waals surface area contributed by atoms with Gasteiger partial charge in [-0.1, -0.05) is 12.8 Å². The molecule has 19 heavy (non-hydrogen) atoms. The highest BCUT2D eigenvalue weighted by molar-refractivity contribution is 5.79. The molecule has 1 amide bonds.